The molecular weight excluding hydrogens is 150 g/mol. The number of hydrogen-bond donors (Lipinski definition) is 1. The molecule has 0 spiro atoms. The van der Waals surface area contributed by atoms with Crippen LogP contribution in [-0.4, -0.2) is 9.38 Å². The van der Waals surface area contributed by atoms with Crippen molar-refractivity contribution >= 4 is 5.52 Å². The van der Waals surface area contributed by atoms with E-state index in [4.69, 9.17) is 5.73 Å². The molecule has 0 saturated carbocycles. The minimum absolute atomic E-state index is 0.501. The lowest BCUT2D eigenvalue weighted by Crippen LogP contribution is -2.00. The van der Waals surface area contributed by atoms with E-state index in [2.05, 4.69) is 18.0 Å². The smallest absolute Gasteiger partial charge is 0.0994 e. The Bertz CT molecular complexity index is 403. The molecule has 0 aliphatic rings. The standard InChI is InChI=1S/C9H11N3/c1-7-2-9-3-8(4-10)11-6-12(9)5-7/h2-3,5-6H,4,10H2,1H3. The fraction of sp³-hybridized carbons (Fsp3) is 0.222. The highest BCUT2D eigenvalue weighted by Crippen LogP contribution is 2.08. The monoisotopic (exact) mass is 161 g/mol. The molecule has 2 aromatic heterocycles. The summed E-state index contributed by atoms with van der Waals surface area (Å²) in [6.45, 7) is 2.57. The summed E-state index contributed by atoms with van der Waals surface area (Å²) in [5, 5.41) is 0. The average molecular weight is 161 g/mol. The number of fused-ring (bicyclic) bond motifs is 1. The van der Waals surface area contributed by atoms with Gasteiger partial charge in [0.25, 0.3) is 0 Å². The molecular formula is C9H11N3. The molecule has 62 valence electrons. The van der Waals surface area contributed by atoms with E-state index in [0.717, 1.165) is 11.2 Å². The van der Waals surface area contributed by atoms with Crippen molar-refractivity contribution < 1.29 is 0 Å². The second kappa shape index (κ2) is 2.60. The molecule has 0 aromatic carbocycles. The molecule has 0 aliphatic carbocycles. The Morgan fingerprint density at radius 1 is 1.50 bits per heavy atom. The lowest BCUT2D eigenvalue weighted by Gasteiger charge is -1.96. The SMILES string of the molecule is Cc1cc2cc(CN)ncn2c1. The second-order valence-corrected chi connectivity index (χ2v) is 2.93. The molecule has 0 fully saturated rings. The first-order chi connectivity index (χ1) is 5.79. The lowest BCUT2D eigenvalue weighted by molar-refractivity contribution is 0.953. The predicted molar refractivity (Wildman–Crippen MR) is 47.8 cm³/mol. The van der Waals surface area contributed by atoms with Gasteiger partial charge in [-0.1, -0.05) is 0 Å². The molecule has 2 N–H and O–H groups in total. The zero-order valence-electron chi connectivity index (χ0n) is 6.99. The summed E-state index contributed by atoms with van der Waals surface area (Å²) in [6.07, 6.45) is 3.84. The number of rotatable bonds is 1. The van der Waals surface area contributed by atoms with E-state index in [1.54, 1.807) is 6.33 Å². The van der Waals surface area contributed by atoms with Gasteiger partial charge in [-0.05, 0) is 24.6 Å². The van der Waals surface area contributed by atoms with Gasteiger partial charge in [0.15, 0.2) is 0 Å². The highest BCUT2D eigenvalue weighted by Gasteiger charge is 1.96. The van der Waals surface area contributed by atoms with Gasteiger partial charge in [0, 0.05) is 18.3 Å². The van der Waals surface area contributed by atoms with Gasteiger partial charge < -0.3 is 10.1 Å². The molecule has 0 saturated heterocycles. The van der Waals surface area contributed by atoms with Crippen LogP contribution in [0.3, 0.4) is 0 Å². The second-order valence-electron chi connectivity index (χ2n) is 2.93. The largest absolute Gasteiger partial charge is 0.325 e. The molecule has 3 heteroatoms. The molecule has 0 radical (unpaired) electrons. The molecule has 0 bridgehead atoms. The lowest BCUT2D eigenvalue weighted by atomic mass is 10.3. The molecule has 2 rings (SSSR count). The molecule has 0 amide bonds. The van der Waals surface area contributed by atoms with Crippen LogP contribution in [0.4, 0.5) is 0 Å². The van der Waals surface area contributed by atoms with Gasteiger partial charge in [-0.2, -0.15) is 0 Å². The highest BCUT2D eigenvalue weighted by molar-refractivity contribution is 5.50. The van der Waals surface area contributed by atoms with E-state index in [1.807, 2.05) is 16.7 Å². The average Bonchev–Trinajstić information content (AvgIpc) is 2.43. The molecule has 0 atom stereocenters. The van der Waals surface area contributed by atoms with E-state index < -0.39 is 0 Å². The van der Waals surface area contributed by atoms with Gasteiger partial charge in [-0.3, -0.25) is 0 Å². The van der Waals surface area contributed by atoms with Crippen molar-refractivity contribution in [2.45, 2.75) is 13.5 Å². The summed E-state index contributed by atoms with van der Waals surface area (Å²) < 4.78 is 1.99. The van der Waals surface area contributed by atoms with Crippen LogP contribution in [-0.2, 0) is 6.54 Å². The molecule has 0 unspecified atom stereocenters. The number of aryl methyl sites for hydroxylation is 1. The third-order valence-electron chi connectivity index (χ3n) is 1.89. The molecule has 0 aliphatic heterocycles. The third kappa shape index (κ3) is 1.08. The summed E-state index contributed by atoms with van der Waals surface area (Å²) >= 11 is 0. The van der Waals surface area contributed by atoms with Crippen molar-refractivity contribution in [3.8, 4) is 0 Å². The Balaban J connectivity index is 2.66. The number of nitrogens with two attached hydrogens (primary N) is 1. The van der Waals surface area contributed by atoms with E-state index in [-0.39, 0.29) is 0 Å². The Labute approximate surface area is 70.8 Å². The van der Waals surface area contributed by atoms with Gasteiger partial charge in [0.1, 0.15) is 0 Å². The van der Waals surface area contributed by atoms with Crippen molar-refractivity contribution in [1.29, 1.82) is 0 Å². The topological polar surface area (TPSA) is 43.3 Å². The molecule has 3 nitrogen and oxygen atoms in total. The van der Waals surface area contributed by atoms with Crippen LogP contribution in [0.1, 0.15) is 11.3 Å². The van der Waals surface area contributed by atoms with Crippen LogP contribution < -0.4 is 5.73 Å². The van der Waals surface area contributed by atoms with Gasteiger partial charge in [0.2, 0.25) is 0 Å². The fourth-order valence-electron chi connectivity index (χ4n) is 1.31. The first-order valence-electron chi connectivity index (χ1n) is 3.93. The van der Waals surface area contributed by atoms with Gasteiger partial charge in [0.05, 0.1) is 12.0 Å². The Morgan fingerprint density at radius 2 is 2.33 bits per heavy atom. The molecule has 2 aromatic rings. The van der Waals surface area contributed by atoms with E-state index in [0.29, 0.717) is 6.54 Å². The van der Waals surface area contributed by atoms with Crippen molar-refractivity contribution in [2.75, 3.05) is 0 Å². The summed E-state index contributed by atoms with van der Waals surface area (Å²) in [4.78, 5) is 4.18. The van der Waals surface area contributed by atoms with Crippen molar-refractivity contribution in [2.24, 2.45) is 5.73 Å². The molecule has 2 heterocycles. The molecule has 12 heavy (non-hydrogen) atoms. The highest BCUT2D eigenvalue weighted by atomic mass is 14.9. The van der Waals surface area contributed by atoms with Crippen LogP contribution in [0.2, 0.25) is 0 Å². The number of nitrogens with zero attached hydrogens (tertiary/aromatic N) is 2. The summed E-state index contributed by atoms with van der Waals surface area (Å²) in [6, 6.07) is 4.12. The van der Waals surface area contributed by atoms with Gasteiger partial charge in [-0.15, -0.1) is 0 Å². The normalized spacial score (nSPS) is 10.8. The van der Waals surface area contributed by atoms with Crippen molar-refractivity contribution in [3.05, 3.63) is 35.9 Å². The summed E-state index contributed by atoms with van der Waals surface area (Å²) in [5.74, 6) is 0. The zero-order valence-corrected chi connectivity index (χ0v) is 6.99. The zero-order chi connectivity index (χ0) is 8.55. The maximum Gasteiger partial charge on any atom is 0.0994 e. The Morgan fingerprint density at radius 3 is 3.08 bits per heavy atom. The maximum absolute atomic E-state index is 5.48. The van der Waals surface area contributed by atoms with Crippen LogP contribution in [0.25, 0.3) is 5.52 Å². The maximum atomic E-state index is 5.48. The summed E-state index contributed by atoms with van der Waals surface area (Å²) in [7, 11) is 0. The van der Waals surface area contributed by atoms with E-state index in [9.17, 15) is 0 Å². The minimum Gasteiger partial charge on any atom is -0.325 e. The first-order valence-corrected chi connectivity index (χ1v) is 3.93. The predicted octanol–water partition coefficient (Wildman–Crippen LogP) is 1.10. The Kier molecular flexibility index (Phi) is 1.59. The number of hydrogen-bond acceptors (Lipinski definition) is 2. The minimum atomic E-state index is 0.501. The summed E-state index contributed by atoms with van der Waals surface area (Å²) in [5.41, 5.74) is 8.80. The van der Waals surface area contributed by atoms with E-state index >= 15 is 0 Å². The quantitative estimate of drug-likeness (QED) is 0.680. The van der Waals surface area contributed by atoms with Crippen molar-refractivity contribution in [1.82, 2.24) is 9.38 Å². The Hall–Kier alpha value is -1.35. The number of aromatic nitrogens is 2. The third-order valence-corrected chi connectivity index (χ3v) is 1.89. The fourth-order valence-corrected chi connectivity index (χ4v) is 1.31. The van der Waals surface area contributed by atoms with Gasteiger partial charge in [-0.25, -0.2) is 4.98 Å². The first kappa shape index (κ1) is 7.31. The van der Waals surface area contributed by atoms with E-state index in [1.165, 1.54) is 5.56 Å². The van der Waals surface area contributed by atoms with Crippen LogP contribution >= 0.6 is 0 Å². The van der Waals surface area contributed by atoms with Crippen molar-refractivity contribution in [3.63, 3.8) is 0 Å². The van der Waals surface area contributed by atoms with Crippen LogP contribution in [0.15, 0.2) is 24.7 Å². The van der Waals surface area contributed by atoms with Crippen LogP contribution in [0, 0.1) is 6.92 Å². The van der Waals surface area contributed by atoms with Gasteiger partial charge >= 0.3 is 0 Å². The van der Waals surface area contributed by atoms with Crippen LogP contribution in [0.5, 0.6) is 0 Å².